The van der Waals surface area contributed by atoms with E-state index in [9.17, 15) is 8.42 Å². The minimum atomic E-state index is -3.35. The van der Waals surface area contributed by atoms with Gasteiger partial charge in [-0.15, -0.1) is 0 Å². The van der Waals surface area contributed by atoms with Gasteiger partial charge in [0.25, 0.3) is 0 Å². The number of hydrogen-bond acceptors (Lipinski definition) is 2. The molecule has 1 rings (SSSR count). The fourth-order valence-corrected chi connectivity index (χ4v) is 2.35. The Kier molecular flexibility index (Phi) is 5.41. The molecule has 0 amide bonds. The lowest BCUT2D eigenvalue weighted by molar-refractivity contribution is 0.566. The molecule has 0 fully saturated rings. The quantitative estimate of drug-likeness (QED) is 0.807. The molecule has 1 aromatic rings. The third-order valence-electron chi connectivity index (χ3n) is 2.95. The number of sulfonamides is 1. The highest BCUT2D eigenvalue weighted by atomic mass is 32.2. The molecule has 1 aromatic carbocycles. The molecular weight excluding hydrogens is 258 g/mol. The van der Waals surface area contributed by atoms with Crippen LogP contribution < -0.4 is 4.72 Å². The zero-order valence-corrected chi connectivity index (χ0v) is 12.9. The van der Waals surface area contributed by atoms with Crippen molar-refractivity contribution in [1.82, 2.24) is 0 Å². The van der Waals surface area contributed by atoms with Crippen LogP contribution in [0, 0.1) is 6.92 Å². The van der Waals surface area contributed by atoms with E-state index in [1.165, 1.54) is 0 Å². The van der Waals surface area contributed by atoms with Gasteiger partial charge in [0, 0.05) is 5.69 Å². The van der Waals surface area contributed by atoms with Gasteiger partial charge >= 0.3 is 0 Å². The highest BCUT2D eigenvalue weighted by molar-refractivity contribution is 7.94. The molecule has 0 saturated heterocycles. The molecule has 0 bridgehead atoms. The molecule has 0 unspecified atom stereocenters. The molecule has 19 heavy (non-hydrogen) atoms. The number of nitrogens with one attached hydrogen (secondary N) is 1. The summed E-state index contributed by atoms with van der Waals surface area (Å²) < 4.78 is 26.0. The van der Waals surface area contributed by atoms with Crippen molar-refractivity contribution in [1.29, 1.82) is 0 Å². The molecule has 0 heterocycles. The van der Waals surface area contributed by atoms with Gasteiger partial charge in [-0.25, -0.2) is 8.42 Å². The van der Waals surface area contributed by atoms with Crippen molar-refractivity contribution >= 4 is 15.7 Å². The Labute approximate surface area is 117 Å². The largest absolute Gasteiger partial charge is 0.283 e. The van der Waals surface area contributed by atoms with Crippen LogP contribution in [0.2, 0.25) is 0 Å². The summed E-state index contributed by atoms with van der Waals surface area (Å²) in [6.07, 6.45) is 4.08. The fraction of sp³-hybridized carbons (Fsp3) is 0.533. The lowest BCUT2D eigenvalue weighted by Crippen LogP contribution is -2.33. The molecule has 0 aliphatic rings. The first-order valence-electron chi connectivity index (χ1n) is 6.67. The lowest BCUT2D eigenvalue weighted by atomic mass is 10.1. The first kappa shape index (κ1) is 16.0. The molecular formula is C15H24NO2S. The smallest absolute Gasteiger partial charge is 0.237 e. The maximum absolute atomic E-state index is 12.1. The van der Waals surface area contributed by atoms with Crippen molar-refractivity contribution in [2.24, 2.45) is 0 Å². The van der Waals surface area contributed by atoms with Crippen LogP contribution in [-0.4, -0.2) is 13.2 Å². The van der Waals surface area contributed by atoms with Gasteiger partial charge in [0.2, 0.25) is 10.0 Å². The van der Waals surface area contributed by atoms with E-state index < -0.39 is 14.8 Å². The van der Waals surface area contributed by atoms with Crippen molar-refractivity contribution in [3.63, 3.8) is 0 Å². The monoisotopic (exact) mass is 282 g/mol. The van der Waals surface area contributed by atoms with Gasteiger partial charge in [0.05, 0.1) is 4.75 Å². The van der Waals surface area contributed by atoms with Crippen molar-refractivity contribution in [2.45, 2.75) is 51.2 Å². The average molecular weight is 282 g/mol. The Morgan fingerprint density at radius 3 is 2.47 bits per heavy atom. The van der Waals surface area contributed by atoms with Crippen LogP contribution in [0.25, 0.3) is 0 Å². The molecule has 0 aliphatic heterocycles. The van der Waals surface area contributed by atoms with Crippen molar-refractivity contribution in [3.05, 3.63) is 36.8 Å². The Morgan fingerprint density at radius 1 is 1.21 bits per heavy atom. The standard InChI is InChI=1S/C15H24NO2S/c1-5-6-7-9-13-10-8-11-14(12-13)16-19(17,18)15(2,3)4/h8,10-12,16H,1,5-7,9H2,2-4H3. The van der Waals surface area contributed by atoms with E-state index in [-0.39, 0.29) is 0 Å². The normalized spacial score (nSPS) is 12.4. The Bertz CT molecular complexity index is 501. The number of unbranched alkanes of at least 4 members (excludes halogenated alkanes) is 2. The van der Waals surface area contributed by atoms with Crippen LogP contribution in [0.5, 0.6) is 0 Å². The second kappa shape index (κ2) is 6.42. The van der Waals surface area contributed by atoms with E-state index >= 15 is 0 Å². The molecule has 1 radical (unpaired) electrons. The first-order chi connectivity index (χ1) is 8.76. The summed E-state index contributed by atoms with van der Waals surface area (Å²) in [5, 5.41) is 0. The predicted molar refractivity (Wildman–Crippen MR) is 81.6 cm³/mol. The van der Waals surface area contributed by atoms with Gasteiger partial charge in [-0.2, -0.15) is 0 Å². The predicted octanol–water partition coefficient (Wildman–Crippen LogP) is 3.77. The van der Waals surface area contributed by atoms with Gasteiger partial charge in [-0.05, 0) is 51.3 Å². The molecule has 0 spiro atoms. The number of aryl methyl sites for hydroxylation is 1. The lowest BCUT2D eigenvalue weighted by Gasteiger charge is -2.20. The second-order valence-electron chi connectivity index (χ2n) is 5.73. The van der Waals surface area contributed by atoms with Crippen LogP contribution in [0.15, 0.2) is 24.3 Å². The van der Waals surface area contributed by atoms with E-state index in [0.29, 0.717) is 5.69 Å². The van der Waals surface area contributed by atoms with E-state index in [1.807, 2.05) is 18.2 Å². The number of anilines is 1. The highest BCUT2D eigenvalue weighted by Gasteiger charge is 2.28. The zero-order valence-electron chi connectivity index (χ0n) is 12.1. The summed E-state index contributed by atoms with van der Waals surface area (Å²) in [7, 11) is -3.35. The van der Waals surface area contributed by atoms with Gasteiger partial charge in [-0.3, -0.25) is 4.72 Å². The molecule has 0 atom stereocenters. The second-order valence-corrected chi connectivity index (χ2v) is 8.16. The Balaban J connectivity index is 2.78. The molecule has 3 nitrogen and oxygen atoms in total. The third kappa shape index (κ3) is 4.86. The number of benzene rings is 1. The molecule has 0 aliphatic carbocycles. The minimum absolute atomic E-state index is 0.641. The van der Waals surface area contributed by atoms with Crippen LogP contribution in [0.3, 0.4) is 0 Å². The summed E-state index contributed by atoms with van der Waals surface area (Å²) >= 11 is 0. The van der Waals surface area contributed by atoms with Crippen molar-refractivity contribution in [3.8, 4) is 0 Å². The third-order valence-corrected chi connectivity index (χ3v) is 5.07. The average Bonchev–Trinajstić information content (AvgIpc) is 2.27. The van der Waals surface area contributed by atoms with Crippen LogP contribution in [0.4, 0.5) is 5.69 Å². The molecule has 0 saturated carbocycles. The van der Waals surface area contributed by atoms with E-state index in [0.717, 1.165) is 31.2 Å². The SMILES string of the molecule is [CH2]CCCCc1cccc(NS(=O)(=O)C(C)(C)C)c1. The molecule has 107 valence electrons. The van der Waals surface area contributed by atoms with Gasteiger partial charge in [0.1, 0.15) is 0 Å². The highest BCUT2D eigenvalue weighted by Crippen LogP contribution is 2.20. The number of rotatable bonds is 6. The Morgan fingerprint density at radius 2 is 1.89 bits per heavy atom. The van der Waals surface area contributed by atoms with E-state index in [2.05, 4.69) is 11.6 Å². The van der Waals surface area contributed by atoms with Crippen LogP contribution in [0.1, 0.15) is 45.6 Å². The summed E-state index contributed by atoms with van der Waals surface area (Å²) in [6.45, 7) is 8.88. The van der Waals surface area contributed by atoms with Crippen molar-refractivity contribution in [2.75, 3.05) is 4.72 Å². The maximum Gasteiger partial charge on any atom is 0.237 e. The van der Waals surface area contributed by atoms with Gasteiger partial charge < -0.3 is 0 Å². The summed E-state index contributed by atoms with van der Waals surface area (Å²) in [6, 6.07) is 7.61. The molecule has 1 N–H and O–H groups in total. The molecule has 0 aromatic heterocycles. The maximum atomic E-state index is 12.1. The first-order valence-corrected chi connectivity index (χ1v) is 8.15. The summed E-state index contributed by atoms with van der Waals surface area (Å²) in [4.78, 5) is 0. The van der Waals surface area contributed by atoms with Crippen LogP contribution >= 0.6 is 0 Å². The molecule has 4 heteroatoms. The summed E-state index contributed by atoms with van der Waals surface area (Å²) in [5.74, 6) is 0. The fourth-order valence-electron chi connectivity index (χ4n) is 1.60. The Hall–Kier alpha value is -1.03. The van der Waals surface area contributed by atoms with E-state index in [1.54, 1.807) is 26.8 Å². The van der Waals surface area contributed by atoms with Crippen molar-refractivity contribution < 1.29 is 8.42 Å². The van der Waals surface area contributed by atoms with Gasteiger partial charge in [0.15, 0.2) is 0 Å². The number of hydrogen-bond donors (Lipinski definition) is 1. The topological polar surface area (TPSA) is 46.2 Å². The zero-order chi connectivity index (χ0) is 14.5. The van der Waals surface area contributed by atoms with Gasteiger partial charge in [-0.1, -0.05) is 31.9 Å². The minimum Gasteiger partial charge on any atom is -0.283 e. The summed E-state index contributed by atoms with van der Waals surface area (Å²) in [5.41, 5.74) is 1.80. The van der Waals surface area contributed by atoms with Crippen LogP contribution in [-0.2, 0) is 16.4 Å². The van der Waals surface area contributed by atoms with E-state index in [4.69, 9.17) is 0 Å².